The van der Waals surface area contributed by atoms with E-state index in [-0.39, 0.29) is 11.9 Å². The minimum absolute atomic E-state index is 0.106. The summed E-state index contributed by atoms with van der Waals surface area (Å²) in [5, 5.41) is 4.30. The van der Waals surface area contributed by atoms with E-state index in [1.165, 1.54) is 12.8 Å². The van der Waals surface area contributed by atoms with Crippen LogP contribution in [-0.4, -0.2) is 64.0 Å². The van der Waals surface area contributed by atoms with Crippen molar-refractivity contribution < 1.29 is 4.79 Å². The highest BCUT2D eigenvalue weighted by Crippen LogP contribution is 2.28. The first-order chi connectivity index (χ1) is 15.7. The molecule has 0 bridgehead atoms. The highest BCUT2D eigenvalue weighted by Gasteiger charge is 2.28. The number of hydrogen-bond acceptors (Lipinski definition) is 6. The van der Waals surface area contributed by atoms with Gasteiger partial charge in [-0.1, -0.05) is 25.0 Å². The van der Waals surface area contributed by atoms with Crippen molar-refractivity contribution in [3.8, 4) is 11.4 Å². The number of anilines is 1. The number of aromatic nitrogens is 3. The van der Waals surface area contributed by atoms with Crippen molar-refractivity contribution in [1.29, 1.82) is 0 Å². The molecule has 2 fully saturated rings. The Bertz CT molecular complexity index is 1070. The van der Waals surface area contributed by atoms with Crippen LogP contribution in [0.5, 0.6) is 0 Å². The molecular weight excluding hydrogens is 400 g/mol. The second-order valence-corrected chi connectivity index (χ2v) is 8.82. The van der Waals surface area contributed by atoms with Crippen molar-refractivity contribution in [2.45, 2.75) is 44.7 Å². The number of rotatable bonds is 5. The standard InChI is InChI=1S/C25H30N6O/c1-18(25(32)27-20-8-2-3-9-20)30-13-15-31(16-14-30)24-21-10-4-5-11-22(21)28-23(29-24)19-7-6-12-26-17-19/h4-7,10-12,17-18,20H,2-3,8-9,13-16H2,1H3,(H,27,32). The molecule has 1 saturated heterocycles. The Morgan fingerprint density at radius 1 is 1.03 bits per heavy atom. The van der Waals surface area contributed by atoms with E-state index in [1.54, 1.807) is 12.4 Å². The van der Waals surface area contributed by atoms with Crippen molar-refractivity contribution in [2.24, 2.45) is 0 Å². The van der Waals surface area contributed by atoms with Crippen LogP contribution in [0.1, 0.15) is 32.6 Å². The highest BCUT2D eigenvalue weighted by atomic mass is 16.2. The molecule has 0 radical (unpaired) electrons. The summed E-state index contributed by atoms with van der Waals surface area (Å²) in [5.74, 6) is 1.81. The molecule has 166 valence electrons. The molecule has 7 nitrogen and oxygen atoms in total. The maximum Gasteiger partial charge on any atom is 0.237 e. The molecule has 2 aliphatic rings. The van der Waals surface area contributed by atoms with Crippen LogP contribution in [0.25, 0.3) is 22.3 Å². The van der Waals surface area contributed by atoms with E-state index in [0.29, 0.717) is 11.9 Å². The number of nitrogens with one attached hydrogen (secondary N) is 1. The van der Waals surface area contributed by atoms with Gasteiger partial charge >= 0.3 is 0 Å². The summed E-state index contributed by atoms with van der Waals surface area (Å²) in [6, 6.07) is 12.3. The molecule has 2 aromatic heterocycles. The fourth-order valence-electron chi connectivity index (χ4n) is 4.80. The van der Waals surface area contributed by atoms with Crippen LogP contribution < -0.4 is 10.2 Å². The molecule has 1 amide bonds. The molecule has 5 rings (SSSR count). The first-order valence-corrected chi connectivity index (χ1v) is 11.7. The number of benzene rings is 1. The van der Waals surface area contributed by atoms with Gasteiger partial charge in [-0.2, -0.15) is 0 Å². The summed E-state index contributed by atoms with van der Waals surface area (Å²) in [6.45, 7) is 5.35. The summed E-state index contributed by atoms with van der Waals surface area (Å²) in [7, 11) is 0. The molecule has 1 unspecified atom stereocenters. The number of pyridine rings is 1. The third kappa shape index (κ3) is 4.30. The molecule has 32 heavy (non-hydrogen) atoms. The number of nitrogens with zero attached hydrogens (tertiary/aromatic N) is 5. The fourth-order valence-corrected chi connectivity index (χ4v) is 4.80. The Balaban J connectivity index is 1.33. The van der Waals surface area contributed by atoms with Gasteiger partial charge in [-0.25, -0.2) is 9.97 Å². The summed E-state index contributed by atoms with van der Waals surface area (Å²) < 4.78 is 0. The lowest BCUT2D eigenvalue weighted by molar-refractivity contribution is -0.126. The lowest BCUT2D eigenvalue weighted by atomic mass is 10.1. The first-order valence-electron chi connectivity index (χ1n) is 11.7. The minimum Gasteiger partial charge on any atom is -0.353 e. The monoisotopic (exact) mass is 430 g/mol. The Labute approximate surface area is 188 Å². The van der Waals surface area contributed by atoms with Crippen LogP contribution in [0.4, 0.5) is 5.82 Å². The molecule has 0 spiro atoms. The largest absolute Gasteiger partial charge is 0.353 e. The van der Waals surface area contributed by atoms with Crippen molar-refractivity contribution in [3.63, 3.8) is 0 Å². The molecule has 1 atom stereocenters. The van der Waals surface area contributed by atoms with E-state index < -0.39 is 0 Å². The quantitative estimate of drug-likeness (QED) is 0.670. The normalized spacial score (nSPS) is 18.7. The Kier molecular flexibility index (Phi) is 5.99. The maximum atomic E-state index is 12.7. The second-order valence-electron chi connectivity index (χ2n) is 8.82. The van der Waals surface area contributed by atoms with Crippen LogP contribution in [0.2, 0.25) is 0 Å². The smallest absolute Gasteiger partial charge is 0.237 e. The van der Waals surface area contributed by atoms with Gasteiger partial charge in [0.2, 0.25) is 5.91 Å². The third-order valence-electron chi connectivity index (χ3n) is 6.75. The molecule has 3 heterocycles. The van der Waals surface area contributed by atoms with Crippen molar-refractivity contribution in [2.75, 3.05) is 31.1 Å². The molecule has 1 aromatic carbocycles. The first kappa shape index (κ1) is 20.8. The van der Waals surface area contributed by atoms with Gasteiger partial charge in [0.15, 0.2) is 5.82 Å². The second kappa shape index (κ2) is 9.20. The van der Waals surface area contributed by atoms with E-state index in [9.17, 15) is 4.79 Å². The number of fused-ring (bicyclic) bond motifs is 1. The van der Waals surface area contributed by atoms with Gasteiger partial charge in [0.1, 0.15) is 5.82 Å². The average molecular weight is 431 g/mol. The summed E-state index contributed by atoms with van der Waals surface area (Å²) in [5.41, 5.74) is 1.85. The zero-order valence-corrected chi connectivity index (χ0v) is 18.6. The van der Waals surface area contributed by atoms with Crippen LogP contribution in [-0.2, 0) is 4.79 Å². The van der Waals surface area contributed by atoms with Crippen LogP contribution in [0.15, 0.2) is 48.8 Å². The lowest BCUT2D eigenvalue weighted by Crippen LogP contribution is -2.55. The number of amides is 1. The number of piperazine rings is 1. The highest BCUT2D eigenvalue weighted by molar-refractivity contribution is 5.91. The van der Waals surface area contributed by atoms with Crippen LogP contribution in [0.3, 0.4) is 0 Å². The Hall–Kier alpha value is -3.06. The number of carbonyl (C=O) groups excluding carboxylic acids is 1. The molecule has 1 N–H and O–H groups in total. The lowest BCUT2D eigenvalue weighted by Gasteiger charge is -2.38. The van der Waals surface area contributed by atoms with Crippen molar-refractivity contribution >= 4 is 22.6 Å². The van der Waals surface area contributed by atoms with Crippen molar-refractivity contribution in [1.82, 2.24) is 25.2 Å². The molecule has 3 aromatic rings. The van der Waals surface area contributed by atoms with E-state index in [0.717, 1.165) is 61.3 Å². The Morgan fingerprint density at radius 2 is 1.81 bits per heavy atom. The molecule has 1 aliphatic heterocycles. The third-order valence-corrected chi connectivity index (χ3v) is 6.75. The zero-order chi connectivity index (χ0) is 21.9. The average Bonchev–Trinajstić information content (AvgIpc) is 3.36. The number of hydrogen-bond donors (Lipinski definition) is 1. The van der Waals surface area contributed by atoms with E-state index in [1.807, 2.05) is 37.3 Å². The topological polar surface area (TPSA) is 74.2 Å². The van der Waals surface area contributed by atoms with E-state index in [4.69, 9.17) is 9.97 Å². The van der Waals surface area contributed by atoms with Crippen molar-refractivity contribution in [3.05, 3.63) is 48.8 Å². The summed E-state index contributed by atoms with van der Waals surface area (Å²) in [4.78, 5) is 31.3. The van der Waals surface area contributed by atoms with E-state index >= 15 is 0 Å². The molecule has 7 heteroatoms. The predicted octanol–water partition coefficient (Wildman–Crippen LogP) is 3.26. The predicted molar refractivity (Wildman–Crippen MR) is 126 cm³/mol. The van der Waals surface area contributed by atoms with Gasteiger partial charge < -0.3 is 10.2 Å². The summed E-state index contributed by atoms with van der Waals surface area (Å²) >= 11 is 0. The van der Waals surface area contributed by atoms with Crippen LogP contribution >= 0.6 is 0 Å². The Morgan fingerprint density at radius 3 is 2.56 bits per heavy atom. The molecule has 1 saturated carbocycles. The van der Waals surface area contributed by atoms with Gasteiger partial charge in [0, 0.05) is 55.6 Å². The van der Waals surface area contributed by atoms with Gasteiger partial charge in [-0.15, -0.1) is 0 Å². The minimum atomic E-state index is -0.106. The van der Waals surface area contributed by atoms with Gasteiger partial charge in [0.05, 0.1) is 11.6 Å². The molecular formula is C25H30N6O. The van der Waals surface area contributed by atoms with Gasteiger partial charge in [-0.3, -0.25) is 14.7 Å². The van der Waals surface area contributed by atoms with Gasteiger partial charge in [0.25, 0.3) is 0 Å². The number of para-hydroxylation sites is 1. The van der Waals surface area contributed by atoms with Gasteiger partial charge in [-0.05, 0) is 44.0 Å². The summed E-state index contributed by atoms with van der Waals surface area (Å²) in [6.07, 6.45) is 8.25. The van der Waals surface area contributed by atoms with Crippen LogP contribution in [0, 0.1) is 0 Å². The fraction of sp³-hybridized carbons (Fsp3) is 0.440. The van der Waals surface area contributed by atoms with E-state index in [2.05, 4.69) is 26.2 Å². The zero-order valence-electron chi connectivity index (χ0n) is 18.6. The maximum absolute atomic E-state index is 12.7. The number of carbonyl (C=O) groups is 1. The SMILES string of the molecule is CC(C(=O)NC1CCCC1)N1CCN(c2nc(-c3cccnc3)nc3ccccc23)CC1. The molecule has 1 aliphatic carbocycles.